The van der Waals surface area contributed by atoms with Gasteiger partial charge in [-0.15, -0.1) is 10.2 Å². The maximum absolute atomic E-state index is 6.23. The lowest BCUT2D eigenvalue weighted by Gasteiger charge is -2.20. The van der Waals surface area contributed by atoms with Gasteiger partial charge in [0.25, 0.3) is 0 Å². The molecule has 1 unspecified atom stereocenters. The second kappa shape index (κ2) is 7.48. The Labute approximate surface area is 146 Å². The summed E-state index contributed by atoms with van der Waals surface area (Å²) in [6, 6.07) is 4.00. The Morgan fingerprint density at radius 1 is 1.50 bits per heavy atom. The predicted octanol–water partition coefficient (Wildman–Crippen LogP) is 0.807. The first-order chi connectivity index (χ1) is 11.7. The highest BCUT2D eigenvalue weighted by atomic mass is 35.5. The number of nitrogens with zero attached hydrogens (tertiary/aromatic N) is 6. The molecule has 1 aliphatic heterocycles. The maximum Gasteiger partial charge on any atom is 0.191 e. The first-order valence-corrected chi connectivity index (χ1v) is 8.20. The van der Waals surface area contributed by atoms with Crippen LogP contribution in [0.1, 0.15) is 12.2 Å². The SMILES string of the molecule is CN=C(NCc1nncn1C)NC1CCN(c2ncccc2Cl)C1. The van der Waals surface area contributed by atoms with Crippen molar-refractivity contribution in [3.63, 3.8) is 0 Å². The summed E-state index contributed by atoms with van der Waals surface area (Å²) in [5.74, 6) is 2.44. The van der Waals surface area contributed by atoms with Crippen molar-refractivity contribution in [1.82, 2.24) is 30.4 Å². The van der Waals surface area contributed by atoms with Crippen molar-refractivity contribution in [2.24, 2.45) is 12.0 Å². The van der Waals surface area contributed by atoms with Crippen LogP contribution < -0.4 is 15.5 Å². The topological polar surface area (TPSA) is 83.3 Å². The third-order valence-electron chi connectivity index (χ3n) is 4.01. The van der Waals surface area contributed by atoms with Gasteiger partial charge < -0.3 is 20.1 Å². The van der Waals surface area contributed by atoms with Crippen molar-refractivity contribution in [3.05, 3.63) is 35.5 Å². The average molecular weight is 349 g/mol. The molecular formula is C15H21ClN8. The molecule has 3 heterocycles. The van der Waals surface area contributed by atoms with Gasteiger partial charge in [-0.25, -0.2) is 4.98 Å². The van der Waals surface area contributed by atoms with Gasteiger partial charge in [-0.3, -0.25) is 4.99 Å². The smallest absolute Gasteiger partial charge is 0.191 e. The van der Waals surface area contributed by atoms with Crippen LogP contribution in [-0.2, 0) is 13.6 Å². The number of aryl methyl sites for hydroxylation is 1. The van der Waals surface area contributed by atoms with E-state index >= 15 is 0 Å². The largest absolute Gasteiger partial charge is 0.353 e. The van der Waals surface area contributed by atoms with Gasteiger partial charge in [0.2, 0.25) is 0 Å². The van der Waals surface area contributed by atoms with E-state index in [1.54, 1.807) is 19.6 Å². The lowest BCUT2D eigenvalue weighted by Crippen LogP contribution is -2.44. The number of hydrogen-bond donors (Lipinski definition) is 2. The Morgan fingerprint density at radius 3 is 3.08 bits per heavy atom. The lowest BCUT2D eigenvalue weighted by atomic mass is 10.3. The quantitative estimate of drug-likeness (QED) is 0.628. The van der Waals surface area contributed by atoms with Crippen LogP contribution in [0.25, 0.3) is 0 Å². The van der Waals surface area contributed by atoms with Crippen LogP contribution >= 0.6 is 11.6 Å². The Morgan fingerprint density at radius 2 is 2.38 bits per heavy atom. The Hall–Kier alpha value is -2.35. The molecule has 0 amide bonds. The molecule has 2 aromatic heterocycles. The van der Waals surface area contributed by atoms with Gasteiger partial charge in [0, 0.05) is 39.4 Å². The van der Waals surface area contributed by atoms with Gasteiger partial charge in [-0.2, -0.15) is 0 Å². The monoisotopic (exact) mass is 348 g/mol. The lowest BCUT2D eigenvalue weighted by molar-refractivity contribution is 0.640. The molecule has 0 saturated carbocycles. The van der Waals surface area contributed by atoms with Crippen LogP contribution in [0, 0.1) is 0 Å². The zero-order valence-electron chi connectivity index (χ0n) is 13.8. The van der Waals surface area contributed by atoms with E-state index in [0.717, 1.165) is 37.1 Å². The summed E-state index contributed by atoms with van der Waals surface area (Å²) in [5.41, 5.74) is 0. The van der Waals surface area contributed by atoms with Crippen molar-refractivity contribution in [2.45, 2.75) is 19.0 Å². The third-order valence-corrected chi connectivity index (χ3v) is 4.31. The van der Waals surface area contributed by atoms with E-state index in [4.69, 9.17) is 11.6 Å². The number of nitrogens with one attached hydrogen (secondary N) is 2. The zero-order valence-corrected chi connectivity index (χ0v) is 14.5. The number of aromatic nitrogens is 4. The number of pyridine rings is 1. The number of aliphatic imine (C=N–C) groups is 1. The third kappa shape index (κ3) is 3.76. The molecule has 0 spiro atoms. The fourth-order valence-electron chi connectivity index (χ4n) is 2.70. The number of hydrogen-bond acceptors (Lipinski definition) is 5. The Balaban J connectivity index is 1.54. The standard InChI is InChI=1S/C15H21ClN8/c1-17-15(19-8-13-22-20-10-23(13)2)21-11-5-7-24(9-11)14-12(16)4-3-6-18-14/h3-4,6,10-11H,5,7-9H2,1-2H3,(H2,17,19,21). The molecule has 3 rings (SSSR count). The molecule has 1 atom stereocenters. The molecule has 128 valence electrons. The fraction of sp³-hybridized carbons (Fsp3) is 0.467. The summed E-state index contributed by atoms with van der Waals surface area (Å²) in [7, 11) is 3.67. The maximum atomic E-state index is 6.23. The van der Waals surface area contributed by atoms with Crippen LogP contribution in [0.4, 0.5) is 5.82 Å². The minimum atomic E-state index is 0.286. The molecule has 1 aliphatic rings. The van der Waals surface area contributed by atoms with Gasteiger partial charge in [-0.1, -0.05) is 11.6 Å². The second-order valence-corrected chi connectivity index (χ2v) is 6.08. The van der Waals surface area contributed by atoms with Gasteiger partial charge >= 0.3 is 0 Å². The van der Waals surface area contributed by atoms with E-state index in [1.807, 2.05) is 23.7 Å². The average Bonchev–Trinajstić information content (AvgIpc) is 3.21. The summed E-state index contributed by atoms with van der Waals surface area (Å²) >= 11 is 6.23. The van der Waals surface area contributed by atoms with Gasteiger partial charge in [0.05, 0.1) is 11.6 Å². The summed E-state index contributed by atoms with van der Waals surface area (Å²) in [6.07, 6.45) is 4.44. The molecule has 8 nitrogen and oxygen atoms in total. The zero-order chi connectivity index (χ0) is 16.9. The van der Waals surface area contributed by atoms with Gasteiger partial charge in [0.15, 0.2) is 11.8 Å². The van der Waals surface area contributed by atoms with Crippen LogP contribution in [0.5, 0.6) is 0 Å². The molecule has 0 bridgehead atoms. The van der Waals surface area contributed by atoms with E-state index < -0.39 is 0 Å². The van der Waals surface area contributed by atoms with Gasteiger partial charge in [0.1, 0.15) is 12.1 Å². The number of halogens is 1. The van der Waals surface area contributed by atoms with Crippen molar-refractivity contribution in [3.8, 4) is 0 Å². The highest BCUT2D eigenvalue weighted by molar-refractivity contribution is 6.32. The molecule has 2 aromatic rings. The summed E-state index contributed by atoms with van der Waals surface area (Å²) < 4.78 is 1.88. The first-order valence-electron chi connectivity index (χ1n) is 7.83. The van der Waals surface area contributed by atoms with Crippen LogP contribution in [0.15, 0.2) is 29.6 Å². The Bertz CT molecular complexity index is 713. The van der Waals surface area contributed by atoms with E-state index in [0.29, 0.717) is 11.6 Å². The van der Waals surface area contributed by atoms with Crippen molar-refractivity contribution in [2.75, 3.05) is 25.0 Å². The molecule has 1 fully saturated rings. The van der Waals surface area contributed by atoms with E-state index in [2.05, 4.69) is 35.7 Å². The molecule has 9 heteroatoms. The van der Waals surface area contributed by atoms with Crippen molar-refractivity contribution >= 4 is 23.4 Å². The van der Waals surface area contributed by atoms with E-state index in [1.165, 1.54) is 0 Å². The minimum Gasteiger partial charge on any atom is -0.353 e. The van der Waals surface area contributed by atoms with Crippen molar-refractivity contribution < 1.29 is 0 Å². The van der Waals surface area contributed by atoms with Crippen LogP contribution in [0.3, 0.4) is 0 Å². The van der Waals surface area contributed by atoms with E-state index in [9.17, 15) is 0 Å². The van der Waals surface area contributed by atoms with Crippen molar-refractivity contribution in [1.29, 1.82) is 0 Å². The summed E-state index contributed by atoms with van der Waals surface area (Å²) in [5, 5.41) is 15.3. The van der Waals surface area contributed by atoms with Gasteiger partial charge in [-0.05, 0) is 18.6 Å². The Kier molecular flexibility index (Phi) is 5.14. The molecule has 2 N–H and O–H groups in total. The first kappa shape index (κ1) is 16.5. The molecule has 24 heavy (non-hydrogen) atoms. The summed E-state index contributed by atoms with van der Waals surface area (Å²) in [4.78, 5) is 10.8. The second-order valence-electron chi connectivity index (χ2n) is 5.67. The summed E-state index contributed by atoms with van der Waals surface area (Å²) in [6.45, 7) is 2.31. The van der Waals surface area contributed by atoms with Crippen LogP contribution in [-0.4, -0.2) is 51.9 Å². The number of guanidine groups is 1. The number of rotatable bonds is 4. The highest BCUT2D eigenvalue weighted by Gasteiger charge is 2.25. The highest BCUT2D eigenvalue weighted by Crippen LogP contribution is 2.25. The molecular weight excluding hydrogens is 328 g/mol. The van der Waals surface area contributed by atoms with Crippen LogP contribution in [0.2, 0.25) is 5.02 Å². The van der Waals surface area contributed by atoms with E-state index in [-0.39, 0.29) is 6.04 Å². The molecule has 0 aromatic carbocycles. The normalized spacial score (nSPS) is 18.0. The molecule has 1 saturated heterocycles. The minimum absolute atomic E-state index is 0.286. The molecule has 0 aliphatic carbocycles. The predicted molar refractivity (Wildman–Crippen MR) is 94.2 cm³/mol. The molecule has 0 radical (unpaired) electrons. The number of anilines is 1. The fourth-order valence-corrected chi connectivity index (χ4v) is 2.94.